The van der Waals surface area contributed by atoms with Crippen LogP contribution in [0, 0.1) is 0 Å². The van der Waals surface area contributed by atoms with Crippen LogP contribution in [-0.4, -0.2) is 9.97 Å². The van der Waals surface area contributed by atoms with Crippen molar-refractivity contribution in [1.29, 1.82) is 0 Å². The molecule has 1 aromatic heterocycles. The molecule has 4 nitrogen and oxygen atoms in total. The summed E-state index contributed by atoms with van der Waals surface area (Å²) in [6.07, 6.45) is 0. The lowest BCUT2D eigenvalue weighted by molar-refractivity contribution is 0.611. The van der Waals surface area contributed by atoms with Crippen LogP contribution in [0.4, 0.5) is 28.4 Å². The molecular weight excluding hydrogens is 609 g/mol. The van der Waals surface area contributed by atoms with Gasteiger partial charge in [-0.25, -0.2) is 9.97 Å². The van der Waals surface area contributed by atoms with E-state index in [0.29, 0.717) is 5.82 Å². The third-order valence-corrected chi connectivity index (χ3v) is 10.6. The van der Waals surface area contributed by atoms with Gasteiger partial charge in [-0.3, -0.25) is 0 Å². The zero-order chi connectivity index (χ0) is 34.0. The summed E-state index contributed by atoms with van der Waals surface area (Å²) < 4.78 is 0. The number of benzene rings is 6. The van der Waals surface area contributed by atoms with Gasteiger partial charge in [0.15, 0.2) is 5.82 Å². The fraction of sp³-hybridized carbons (Fsp3) is 0.130. The second-order valence-electron chi connectivity index (χ2n) is 14.4. The molecule has 9 rings (SSSR count). The molecule has 242 valence electrons. The van der Waals surface area contributed by atoms with Gasteiger partial charge in [-0.05, 0) is 53.1 Å². The molecule has 0 atom stereocenters. The predicted molar refractivity (Wildman–Crippen MR) is 207 cm³/mol. The zero-order valence-corrected chi connectivity index (χ0v) is 28.8. The van der Waals surface area contributed by atoms with Gasteiger partial charge in [-0.1, -0.05) is 143 Å². The van der Waals surface area contributed by atoms with Crippen LogP contribution in [0.25, 0.3) is 33.9 Å². The maximum atomic E-state index is 5.08. The summed E-state index contributed by atoms with van der Waals surface area (Å²) in [5.41, 5.74) is 15.7. The number of hydrogen-bond donors (Lipinski definition) is 1. The number of nitrogens with zero attached hydrogens (tertiary/aromatic N) is 3. The highest BCUT2D eigenvalue weighted by Crippen LogP contribution is 2.58. The van der Waals surface area contributed by atoms with Gasteiger partial charge in [0.1, 0.15) is 0 Å². The Morgan fingerprint density at radius 3 is 1.76 bits per heavy atom. The highest BCUT2D eigenvalue weighted by Gasteiger charge is 2.43. The summed E-state index contributed by atoms with van der Waals surface area (Å²) in [4.78, 5) is 12.5. The molecule has 3 heterocycles. The van der Waals surface area contributed by atoms with E-state index in [-0.39, 0.29) is 10.8 Å². The van der Waals surface area contributed by atoms with Gasteiger partial charge < -0.3 is 10.2 Å². The fourth-order valence-corrected chi connectivity index (χ4v) is 8.07. The highest BCUT2D eigenvalue weighted by atomic mass is 15.2. The minimum absolute atomic E-state index is 0.138. The zero-order valence-electron chi connectivity index (χ0n) is 28.8. The number of anilines is 5. The van der Waals surface area contributed by atoms with Crippen molar-refractivity contribution in [2.75, 3.05) is 10.2 Å². The van der Waals surface area contributed by atoms with Crippen molar-refractivity contribution in [3.63, 3.8) is 0 Å². The lowest BCUT2D eigenvalue weighted by Crippen LogP contribution is -2.34. The molecule has 0 saturated heterocycles. The van der Waals surface area contributed by atoms with Crippen LogP contribution in [0.1, 0.15) is 49.9 Å². The minimum Gasteiger partial charge on any atom is -0.355 e. The number of aromatic nitrogens is 2. The number of rotatable bonds is 4. The van der Waals surface area contributed by atoms with E-state index >= 15 is 0 Å². The molecule has 50 heavy (non-hydrogen) atoms. The first kappa shape index (κ1) is 30.1. The van der Waals surface area contributed by atoms with E-state index in [1.165, 1.54) is 45.0 Å². The summed E-state index contributed by atoms with van der Waals surface area (Å²) in [7, 11) is 0. The van der Waals surface area contributed by atoms with Gasteiger partial charge in [0.05, 0.1) is 22.8 Å². The SMILES string of the molecule is CC1(C)c2ccccc2Nc2c1ccc1c2C(C)(C)c2ccccc2N1c1ccc(-c2cc(-c3ccccc3)nc(-c3ccccc3)n2)cc1. The third-order valence-electron chi connectivity index (χ3n) is 10.6. The van der Waals surface area contributed by atoms with E-state index in [0.717, 1.165) is 33.8 Å². The van der Waals surface area contributed by atoms with Crippen LogP contribution in [0.2, 0.25) is 0 Å². The largest absolute Gasteiger partial charge is 0.355 e. The Hall–Kier alpha value is -6.00. The van der Waals surface area contributed by atoms with Crippen molar-refractivity contribution in [2.45, 2.75) is 38.5 Å². The summed E-state index contributed by atoms with van der Waals surface area (Å²) in [5, 5.41) is 3.91. The van der Waals surface area contributed by atoms with Crippen molar-refractivity contribution >= 4 is 28.4 Å². The van der Waals surface area contributed by atoms with Crippen molar-refractivity contribution in [2.24, 2.45) is 0 Å². The van der Waals surface area contributed by atoms with Crippen LogP contribution >= 0.6 is 0 Å². The second-order valence-corrected chi connectivity index (χ2v) is 14.4. The fourth-order valence-electron chi connectivity index (χ4n) is 8.07. The number of nitrogens with one attached hydrogen (secondary N) is 1. The molecule has 0 spiro atoms. The molecule has 0 bridgehead atoms. The molecule has 7 aromatic rings. The maximum absolute atomic E-state index is 5.08. The lowest BCUT2D eigenvalue weighted by atomic mass is 9.67. The van der Waals surface area contributed by atoms with Crippen LogP contribution in [0.5, 0.6) is 0 Å². The Morgan fingerprint density at radius 1 is 0.480 bits per heavy atom. The summed E-state index contributed by atoms with van der Waals surface area (Å²) >= 11 is 0. The van der Waals surface area contributed by atoms with E-state index in [9.17, 15) is 0 Å². The van der Waals surface area contributed by atoms with Gasteiger partial charge in [0.25, 0.3) is 0 Å². The first-order chi connectivity index (χ1) is 24.3. The molecule has 2 aliphatic heterocycles. The summed E-state index contributed by atoms with van der Waals surface area (Å²) in [6, 6.07) is 53.8. The Kier molecular flexibility index (Phi) is 6.79. The van der Waals surface area contributed by atoms with E-state index in [4.69, 9.17) is 9.97 Å². The van der Waals surface area contributed by atoms with Crippen molar-refractivity contribution in [1.82, 2.24) is 9.97 Å². The van der Waals surface area contributed by atoms with Crippen molar-refractivity contribution in [3.8, 4) is 33.9 Å². The summed E-state index contributed by atoms with van der Waals surface area (Å²) in [6.45, 7) is 9.42. The van der Waals surface area contributed by atoms with E-state index < -0.39 is 0 Å². The Balaban J connectivity index is 1.18. The van der Waals surface area contributed by atoms with Gasteiger partial charge in [-0.15, -0.1) is 0 Å². The maximum Gasteiger partial charge on any atom is 0.160 e. The molecule has 0 fully saturated rings. The second kappa shape index (κ2) is 11.3. The van der Waals surface area contributed by atoms with Crippen molar-refractivity contribution < 1.29 is 0 Å². The standard InChI is InChI=1S/C46H38N4/c1-45(2)34-19-11-13-21-37(34)47-43-36(45)27-28-41-42(43)46(3,4)35-20-12-14-22-40(35)50(41)33-25-23-31(24-26-33)39-29-38(30-15-7-5-8-16-30)48-44(49-39)32-17-9-6-10-18-32/h5-29,47H,1-4H3. The summed E-state index contributed by atoms with van der Waals surface area (Å²) in [5.74, 6) is 0.717. The average molecular weight is 647 g/mol. The monoisotopic (exact) mass is 646 g/mol. The first-order valence-corrected chi connectivity index (χ1v) is 17.4. The number of hydrogen-bond acceptors (Lipinski definition) is 4. The first-order valence-electron chi connectivity index (χ1n) is 17.4. The van der Waals surface area contributed by atoms with Crippen molar-refractivity contribution in [3.05, 3.63) is 174 Å². The average Bonchev–Trinajstić information content (AvgIpc) is 3.15. The quantitative estimate of drug-likeness (QED) is 0.207. The van der Waals surface area contributed by atoms with E-state index in [1.807, 2.05) is 24.3 Å². The molecule has 0 unspecified atom stereocenters. The topological polar surface area (TPSA) is 41.0 Å². The Morgan fingerprint density at radius 2 is 1.06 bits per heavy atom. The minimum atomic E-state index is -0.230. The molecule has 0 radical (unpaired) electrons. The smallest absolute Gasteiger partial charge is 0.160 e. The Labute approximate surface area is 294 Å². The number of fused-ring (bicyclic) bond motifs is 5. The van der Waals surface area contributed by atoms with Crippen LogP contribution in [-0.2, 0) is 10.8 Å². The van der Waals surface area contributed by atoms with Gasteiger partial charge in [0, 0.05) is 50.1 Å². The van der Waals surface area contributed by atoms with Gasteiger partial charge in [0.2, 0.25) is 0 Å². The van der Waals surface area contributed by atoms with Gasteiger partial charge >= 0.3 is 0 Å². The van der Waals surface area contributed by atoms with E-state index in [1.54, 1.807) is 0 Å². The van der Waals surface area contributed by atoms with Crippen LogP contribution in [0.15, 0.2) is 152 Å². The molecule has 0 amide bonds. The van der Waals surface area contributed by atoms with Crippen LogP contribution in [0.3, 0.4) is 0 Å². The Bertz CT molecular complexity index is 2340. The molecule has 4 heteroatoms. The molecule has 0 aliphatic carbocycles. The molecular formula is C46H38N4. The molecule has 6 aromatic carbocycles. The third kappa shape index (κ3) is 4.67. The van der Waals surface area contributed by atoms with Gasteiger partial charge in [-0.2, -0.15) is 0 Å². The lowest BCUT2D eigenvalue weighted by Gasteiger charge is -2.46. The molecule has 0 saturated carbocycles. The van der Waals surface area contributed by atoms with E-state index in [2.05, 4.69) is 165 Å². The normalized spacial score (nSPS) is 14.8. The number of para-hydroxylation sites is 2. The molecule has 1 N–H and O–H groups in total. The molecule has 2 aliphatic rings. The predicted octanol–water partition coefficient (Wildman–Crippen LogP) is 12.0. The van der Waals surface area contributed by atoms with Crippen LogP contribution < -0.4 is 10.2 Å². The highest BCUT2D eigenvalue weighted by molar-refractivity contribution is 5.93.